The van der Waals surface area contributed by atoms with Crippen LogP contribution in [0, 0.1) is 0 Å². The summed E-state index contributed by atoms with van der Waals surface area (Å²) in [6.07, 6.45) is 0. The van der Waals surface area contributed by atoms with Crippen molar-refractivity contribution in [2.75, 3.05) is 0 Å². The van der Waals surface area contributed by atoms with Crippen LogP contribution in [0.1, 0.15) is 0 Å². The second kappa shape index (κ2) is 5.13. The minimum absolute atomic E-state index is 0.793. The van der Waals surface area contributed by atoms with Crippen LogP contribution < -0.4 is 0 Å². The van der Waals surface area contributed by atoms with Gasteiger partial charge >= 0.3 is 9.28 Å². The minimum atomic E-state index is -1.40. The third-order valence-corrected chi connectivity index (χ3v) is 7.65. The van der Waals surface area contributed by atoms with Crippen molar-refractivity contribution in [3.05, 3.63) is 12.3 Å². The fourth-order valence-electron chi connectivity index (χ4n) is 0.720. The average molecular weight is 218 g/mol. The topological polar surface area (TPSA) is 18.5 Å². The second-order valence-corrected chi connectivity index (χ2v) is 12.1. The largest absolute Gasteiger partial charge is 0.436 e. The summed E-state index contributed by atoms with van der Waals surface area (Å²) in [5.41, 5.74) is 1.90. The molecule has 0 saturated heterocycles. The molecule has 0 unspecified atom stereocenters. The van der Waals surface area contributed by atoms with Crippen LogP contribution in [0.25, 0.3) is 0 Å². The summed E-state index contributed by atoms with van der Waals surface area (Å²) in [5.74, 6) is 0. The van der Waals surface area contributed by atoms with Gasteiger partial charge in [0.2, 0.25) is 9.04 Å². The first-order valence-corrected chi connectivity index (χ1v) is 11.2. The van der Waals surface area contributed by atoms with E-state index in [-0.39, 0.29) is 0 Å². The maximum Gasteiger partial charge on any atom is 0.359 e. The quantitative estimate of drug-likeness (QED) is 0.660. The highest BCUT2D eigenvalue weighted by Gasteiger charge is 2.22. The number of hydrogen-bond donors (Lipinski definition) is 0. The molecule has 0 saturated carbocycles. The van der Waals surface area contributed by atoms with Crippen LogP contribution in [0.2, 0.25) is 32.7 Å². The van der Waals surface area contributed by atoms with Crippen LogP contribution in [-0.4, -0.2) is 26.6 Å². The van der Waals surface area contributed by atoms with Gasteiger partial charge in [-0.05, 0) is 32.7 Å². The molecule has 5 heteroatoms. The molecule has 0 aromatic heterocycles. The monoisotopic (exact) mass is 218 g/mol. The molecule has 2 radical (unpaired) electrons. The smallest absolute Gasteiger partial charge is 0.359 e. The first kappa shape index (κ1) is 12.3. The van der Waals surface area contributed by atoms with Crippen molar-refractivity contribution in [1.82, 2.24) is 0 Å². The Morgan fingerprint density at radius 3 is 2.08 bits per heavy atom. The van der Waals surface area contributed by atoms with Gasteiger partial charge in [-0.2, -0.15) is 0 Å². The summed E-state index contributed by atoms with van der Waals surface area (Å²) in [5, 5.41) is 0. The van der Waals surface area contributed by atoms with Crippen molar-refractivity contribution in [2.45, 2.75) is 32.7 Å². The lowest BCUT2D eigenvalue weighted by atomic mass is 11.3. The highest BCUT2D eigenvalue weighted by molar-refractivity contribution is 6.77. The Labute approximate surface area is 80.3 Å². The molecule has 0 atom stereocenters. The molecule has 0 bridgehead atoms. The molecule has 0 heterocycles. The third-order valence-electron chi connectivity index (χ3n) is 1.04. The Morgan fingerprint density at radius 2 is 1.75 bits per heavy atom. The van der Waals surface area contributed by atoms with Crippen LogP contribution in [0.5, 0.6) is 0 Å². The highest BCUT2D eigenvalue weighted by atomic mass is 28.4. The zero-order valence-corrected chi connectivity index (χ0v) is 11.6. The fourth-order valence-corrected chi connectivity index (χ4v) is 6.86. The van der Waals surface area contributed by atoms with Crippen molar-refractivity contribution in [1.29, 1.82) is 0 Å². The van der Waals surface area contributed by atoms with E-state index in [1.165, 1.54) is 0 Å². The predicted octanol–water partition coefficient (Wildman–Crippen LogP) is 2.32. The summed E-state index contributed by atoms with van der Waals surface area (Å²) in [7, 11) is -3.21. The summed E-state index contributed by atoms with van der Waals surface area (Å²) >= 11 is 0. The molecule has 2 nitrogen and oxygen atoms in total. The van der Waals surface area contributed by atoms with E-state index in [0.717, 1.165) is 0 Å². The van der Waals surface area contributed by atoms with Gasteiger partial charge in [-0.1, -0.05) is 5.70 Å². The molecule has 0 aliphatic heterocycles. The van der Waals surface area contributed by atoms with Crippen molar-refractivity contribution in [2.24, 2.45) is 0 Å². The maximum atomic E-state index is 5.81. The summed E-state index contributed by atoms with van der Waals surface area (Å²) < 4.78 is 11.5. The van der Waals surface area contributed by atoms with E-state index in [4.69, 9.17) is 8.23 Å². The lowest BCUT2D eigenvalue weighted by Crippen LogP contribution is -2.37. The van der Waals surface area contributed by atoms with Gasteiger partial charge in [0.05, 0.1) is 0 Å². The lowest BCUT2D eigenvalue weighted by Gasteiger charge is -2.22. The minimum Gasteiger partial charge on any atom is -0.436 e. The van der Waals surface area contributed by atoms with Gasteiger partial charge in [0.25, 0.3) is 0 Å². The molecule has 0 spiro atoms. The standard InChI is InChI=1S/C7H18O2Si3/c1-7-10(2)8-11(3)9-12(4,5)6/h7H,1H2,2-6H3. The number of rotatable bonds is 5. The molecule has 0 fully saturated rings. The van der Waals surface area contributed by atoms with Crippen LogP contribution in [0.15, 0.2) is 12.3 Å². The van der Waals surface area contributed by atoms with Gasteiger partial charge < -0.3 is 8.23 Å². The first-order valence-electron chi connectivity index (χ1n) is 4.01. The van der Waals surface area contributed by atoms with Crippen LogP contribution in [0.3, 0.4) is 0 Å². The SMILES string of the molecule is C=C[Si](C)O[Si](C)O[Si](C)(C)C. The Balaban J connectivity index is 3.74. The molecule has 0 aliphatic rings. The van der Waals surface area contributed by atoms with E-state index in [2.05, 4.69) is 39.3 Å². The van der Waals surface area contributed by atoms with Crippen LogP contribution in [0.4, 0.5) is 0 Å². The van der Waals surface area contributed by atoms with Gasteiger partial charge in [0.15, 0.2) is 8.32 Å². The molecule has 0 amide bonds. The van der Waals surface area contributed by atoms with Crippen LogP contribution in [-0.2, 0) is 8.23 Å². The normalized spacial score (nSPS) is 12.6. The lowest BCUT2D eigenvalue weighted by molar-refractivity contribution is 0.440. The summed E-state index contributed by atoms with van der Waals surface area (Å²) in [4.78, 5) is 0. The summed E-state index contributed by atoms with van der Waals surface area (Å²) in [6.45, 7) is 14.4. The Kier molecular flexibility index (Phi) is 5.26. The molecule has 12 heavy (non-hydrogen) atoms. The Hall–Kier alpha value is 0.311. The van der Waals surface area contributed by atoms with Crippen molar-refractivity contribution in [3.63, 3.8) is 0 Å². The third kappa shape index (κ3) is 6.99. The highest BCUT2D eigenvalue weighted by Crippen LogP contribution is 2.06. The molecular weight excluding hydrogens is 200 g/mol. The first-order chi connectivity index (χ1) is 5.35. The van der Waals surface area contributed by atoms with Gasteiger partial charge in [0, 0.05) is 0 Å². The zero-order chi connectivity index (χ0) is 9.78. The van der Waals surface area contributed by atoms with Crippen LogP contribution >= 0.6 is 0 Å². The Bertz CT molecular complexity index is 144. The van der Waals surface area contributed by atoms with Crippen molar-refractivity contribution in [3.8, 4) is 0 Å². The van der Waals surface area contributed by atoms with E-state index < -0.39 is 26.6 Å². The van der Waals surface area contributed by atoms with E-state index in [9.17, 15) is 0 Å². The molecule has 0 aromatic rings. The Morgan fingerprint density at radius 1 is 1.25 bits per heavy atom. The van der Waals surface area contributed by atoms with E-state index in [0.29, 0.717) is 0 Å². The maximum absolute atomic E-state index is 5.81. The average Bonchev–Trinajstić information content (AvgIpc) is 1.82. The van der Waals surface area contributed by atoms with Crippen molar-refractivity contribution >= 4 is 26.6 Å². The molecule has 0 rings (SSSR count). The molecule has 0 N–H and O–H groups in total. The van der Waals surface area contributed by atoms with Crippen molar-refractivity contribution < 1.29 is 8.23 Å². The molecular formula is C7H18O2Si3. The van der Waals surface area contributed by atoms with Gasteiger partial charge in [-0.15, -0.1) is 6.58 Å². The molecule has 70 valence electrons. The van der Waals surface area contributed by atoms with E-state index in [1.54, 1.807) is 0 Å². The summed E-state index contributed by atoms with van der Waals surface area (Å²) in [6, 6.07) is 0. The second-order valence-electron chi connectivity index (χ2n) is 3.62. The van der Waals surface area contributed by atoms with E-state index in [1.807, 2.05) is 5.70 Å². The zero-order valence-electron chi connectivity index (χ0n) is 8.60. The van der Waals surface area contributed by atoms with Gasteiger partial charge in [-0.3, -0.25) is 0 Å². The number of hydrogen-bond acceptors (Lipinski definition) is 2. The van der Waals surface area contributed by atoms with E-state index >= 15 is 0 Å². The van der Waals surface area contributed by atoms with Gasteiger partial charge in [-0.25, -0.2) is 0 Å². The molecule has 0 aliphatic carbocycles. The van der Waals surface area contributed by atoms with Gasteiger partial charge in [0.1, 0.15) is 0 Å². The fraction of sp³-hybridized carbons (Fsp3) is 0.714. The predicted molar refractivity (Wildman–Crippen MR) is 58.9 cm³/mol. The molecule has 0 aromatic carbocycles.